The molecule has 3 nitrogen and oxygen atoms in total. The summed E-state index contributed by atoms with van der Waals surface area (Å²) in [5.41, 5.74) is 5.80. The average Bonchev–Trinajstić information content (AvgIpc) is 2.05. The molecule has 0 aromatic heterocycles. The standard InChI is InChI=1S/C10H12FNO2/c11-9-5-7(12)1-2-10(9)14-6-8-3-4-13-8/h1-2,5,8H,3-4,6,12H2. The maximum Gasteiger partial charge on any atom is 0.167 e. The lowest BCUT2D eigenvalue weighted by molar-refractivity contribution is -0.0725. The summed E-state index contributed by atoms with van der Waals surface area (Å²) in [7, 11) is 0. The van der Waals surface area contributed by atoms with E-state index in [1.807, 2.05) is 0 Å². The van der Waals surface area contributed by atoms with Crippen LogP contribution in [0.25, 0.3) is 0 Å². The molecule has 0 bridgehead atoms. The van der Waals surface area contributed by atoms with Gasteiger partial charge in [-0.05, 0) is 12.1 Å². The third-order valence-electron chi connectivity index (χ3n) is 2.17. The SMILES string of the molecule is Nc1ccc(OCC2CCO2)c(F)c1. The van der Waals surface area contributed by atoms with Gasteiger partial charge < -0.3 is 15.2 Å². The van der Waals surface area contributed by atoms with Crippen molar-refractivity contribution in [1.82, 2.24) is 0 Å². The van der Waals surface area contributed by atoms with E-state index in [9.17, 15) is 4.39 Å². The predicted molar refractivity (Wildman–Crippen MR) is 50.7 cm³/mol. The molecule has 76 valence electrons. The minimum Gasteiger partial charge on any atom is -0.488 e. The number of anilines is 1. The molecule has 4 heteroatoms. The van der Waals surface area contributed by atoms with E-state index in [1.165, 1.54) is 12.1 Å². The van der Waals surface area contributed by atoms with E-state index in [-0.39, 0.29) is 11.9 Å². The molecule has 1 saturated heterocycles. The summed E-state index contributed by atoms with van der Waals surface area (Å²) in [5.74, 6) is -0.195. The molecule has 0 radical (unpaired) electrons. The smallest absolute Gasteiger partial charge is 0.167 e. The van der Waals surface area contributed by atoms with Gasteiger partial charge in [0.15, 0.2) is 11.6 Å². The molecule has 1 unspecified atom stereocenters. The molecule has 1 atom stereocenters. The lowest BCUT2D eigenvalue weighted by Crippen LogP contribution is -2.32. The molecule has 1 aliphatic rings. The highest BCUT2D eigenvalue weighted by Crippen LogP contribution is 2.21. The number of hydrogen-bond donors (Lipinski definition) is 1. The normalized spacial score (nSPS) is 20.2. The molecular formula is C10H12FNO2. The number of nitrogen functional groups attached to an aromatic ring is 1. The highest BCUT2D eigenvalue weighted by atomic mass is 19.1. The van der Waals surface area contributed by atoms with Gasteiger partial charge in [-0.25, -0.2) is 4.39 Å². The third kappa shape index (κ3) is 1.96. The van der Waals surface area contributed by atoms with E-state index in [0.29, 0.717) is 12.3 Å². The van der Waals surface area contributed by atoms with Crippen LogP contribution < -0.4 is 10.5 Å². The summed E-state index contributed by atoms with van der Waals surface area (Å²) in [4.78, 5) is 0. The zero-order chi connectivity index (χ0) is 9.97. The fourth-order valence-electron chi connectivity index (χ4n) is 1.23. The van der Waals surface area contributed by atoms with Crippen molar-refractivity contribution in [3.05, 3.63) is 24.0 Å². The molecule has 1 aliphatic heterocycles. The van der Waals surface area contributed by atoms with Crippen LogP contribution in [0.3, 0.4) is 0 Å². The largest absolute Gasteiger partial charge is 0.488 e. The molecule has 14 heavy (non-hydrogen) atoms. The third-order valence-corrected chi connectivity index (χ3v) is 2.17. The van der Waals surface area contributed by atoms with Gasteiger partial charge in [-0.1, -0.05) is 0 Å². The summed E-state index contributed by atoms with van der Waals surface area (Å²) >= 11 is 0. The van der Waals surface area contributed by atoms with Crippen LogP contribution in [-0.4, -0.2) is 19.3 Å². The molecule has 2 rings (SSSR count). The Morgan fingerprint density at radius 3 is 2.93 bits per heavy atom. The number of rotatable bonds is 3. The zero-order valence-electron chi connectivity index (χ0n) is 7.70. The summed E-state index contributed by atoms with van der Waals surface area (Å²) in [6.07, 6.45) is 1.10. The van der Waals surface area contributed by atoms with Crippen LogP contribution >= 0.6 is 0 Å². The monoisotopic (exact) mass is 197 g/mol. The second-order valence-corrected chi connectivity index (χ2v) is 3.28. The first-order valence-corrected chi connectivity index (χ1v) is 4.55. The van der Waals surface area contributed by atoms with Crippen molar-refractivity contribution in [1.29, 1.82) is 0 Å². The Morgan fingerprint density at radius 1 is 1.57 bits per heavy atom. The van der Waals surface area contributed by atoms with E-state index < -0.39 is 5.82 Å². The van der Waals surface area contributed by atoms with E-state index in [4.69, 9.17) is 15.2 Å². The second kappa shape index (κ2) is 3.84. The highest BCUT2D eigenvalue weighted by molar-refractivity contribution is 5.42. The second-order valence-electron chi connectivity index (χ2n) is 3.28. The number of hydrogen-bond acceptors (Lipinski definition) is 3. The number of halogens is 1. The topological polar surface area (TPSA) is 44.5 Å². The van der Waals surface area contributed by atoms with Crippen LogP contribution in [0.2, 0.25) is 0 Å². The van der Waals surface area contributed by atoms with Crippen LogP contribution in [0, 0.1) is 5.82 Å². The van der Waals surface area contributed by atoms with E-state index in [1.54, 1.807) is 6.07 Å². The maximum atomic E-state index is 13.2. The van der Waals surface area contributed by atoms with Gasteiger partial charge in [0, 0.05) is 24.8 Å². The molecule has 0 amide bonds. The van der Waals surface area contributed by atoms with E-state index in [0.717, 1.165) is 13.0 Å². The van der Waals surface area contributed by atoms with E-state index >= 15 is 0 Å². The highest BCUT2D eigenvalue weighted by Gasteiger charge is 2.19. The van der Waals surface area contributed by atoms with Crippen LogP contribution in [-0.2, 0) is 4.74 Å². The average molecular weight is 197 g/mol. The van der Waals surface area contributed by atoms with Crippen LogP contribution in [0.1, 0.15) is 6.42 Å². The van der Waals surface area contributed by atoms with E-state index in [2.05, 4.69) is 0 Å². The zero-order valence-corrected chi connectivity index (χ0v) is 7.70. The van der Waals surface area contributed by atoms with Crippen LogP contribution in [0.15, 0.2) is 18.2 Å². The minimum absolute atomic E-state index is 0.118. The van der Waals surface area contributed by atoms with Crippen LogP contribution in [0.4, 0.5) is 10.1 Å². The number of ether oxygens (including phenoxy) is 2. The fourth-order valence-corrected chi connectivity index (χ4v) is 1.23. The van der Waals surface area contributed by atoms with Gasteiger partial charge in [0.05, 0.1) is 6.10 Å². The molecular weight excluding hydrogens is 185 g/mol. The molecule has 1 aromatic carbocycles. The van der Waals surface area contributed by atoms with Crippen molar-refractivity contribution in [3.8, 4) is 5.75 Å². The van der Waals surface area contributed by atoms with Gasteiger partial charge in [0.2, 0.25) is 0 Å². The molecule has 0 saturated carbocycles. The Bertz CT molecular complexity index is 326. The molecule has 2 N–H and O–H groups in total. The Balaban J connectivity index is 1.94. The Kier molecular flexibility index (Phi) is 2.54. The molecule has 0 aliphatic carbocycles. The van der Waals surface area contributed by atoms with Crippen molar-refractivity contribution < 1.29 is 13.9 Å². The summed E-state index contributed by atoms with van der Waals surface area (Å²) in [5, 5.41) is 0. The minimum atomic E-state index is -0.427. The summed E-state index contributed by atoms with van der Waals surface area (Å²) in [6.45, 7) is 1.18. The first kappa shape index (κ1) is 9.27. The number of nitrogens with two attached hydrogens (primary N) is 1. The summed E-state index contributed by atoms with van der Waals surface area (Å²) < 4.78 is 23.6. The molecule has 0 spiro atoms. The van der Waals surface area contributed by atoms with Crippen molar-refractivity contribution in [2.75, 3.05) is 18.9 Å². The van der Waals surface area contributed by atoms with Gasteiger partial charge in [0.1, 0.15) is 6.61 Å². The first-order valence-electron chi connectivity index (χ1n) is 4.55. The van der Waals surface area contributed by atoms with Crippen molar-refractivity contribution in [2.45, 2.75) is 12.5 Å². The van der Waals surface area contributed by atoms with Gasteiger partial charge in [-0.2, -0.15) is 0 Å². The lowest BCUT2D eigenvalue weighted by atomic mass is 10.2. The van der Waals surface area contributed by atoms with Crippen LogP contribution in [0.5, 0.6) is 5.75 Å². The molecule has 1 aromatic rings. The fraction of sp³-hybridized carbons (Fsp3) is 0.400. The van der Waals surface area contributed by atoms with Gasteiger partial charge in [-0.3, -0.25) is 0 Å². The Hall–Kier alpha value is -1.29. The maximum absolute atomic E-state index is 13.2. The van der Waals surface area contributed by atoms with Crippen molar-refractivity contribution in [2.24, 2.45) is 0 Å². The van der Waals surface area contributed by atoms with Crippen molar-refractivity contribution >= 4 is 5.69 Å². The van der Waals surface area contributed by atoms with Gasteiger partial charge >= 0.3 is 0 Å². The summed E-state index contributed by atoms with van der Waals surface area (Å²) in [6, 6.07) is 4.39. The number of benzene rings is 1. The first-order chi connectivity index (χ1) is 6.75. The van der Waals surface area contributed by atoms with Gasteiger partial charge in [0.25, 0.3) is 0 Å². The van der Waals surface area contributed by atoms with Crippen molar-refractivity contribution in [3.63, 3.8) is 0 Å². The lowest BCUT2D eigenvalue weighted by Gasteiger charge is -2.26. The van der Waals surface area contributed by atoms with Gasteiger partial charge in [-0.15, -0.1) is 0 Å². The quantitative estimate of drug-likeness (QED) is 0.748. The molecule has 1 fully saturated rings. The Labute approximate surface area is 81.6 Å². The predicted octanol–water partition coefficient (Wildman–Crippen LogP) is 1.58. The Morgan fingerprint density at radius 2 is 2.36 bits per heavy atom. The molecule has 1 heterocycles.